The Morgan fingerprint density at radius 3 is 2.68 bits per heavy atom. The van der Waals surface area contributed by atoms with E-state index >= 15 is 0 Å². The van der Waals surface area contributed by atoms with E-state index in [0.29, 0.717) is 17.1 Å². The number of hydrogen-bond donors (Lipinski definition) is 2. The Labute approximate surface area is 114 Å². The topological polar surface area (TPSA) is 97.8 Å². The Bertz CT molecular complexity index is 631. The molecule has 0 saturated carbocycles. The Morgan fingerprint density at radius 1 is 1.47 bits per heavy atom. The summed E-state index contributed by atoms with van der Waals surface area (Å²) in [5, 5.41) is 10.9. The zero-order chi connectivity index (χ0) is 14.2. The summed E-state index contributed by atoms with van der Waals surface area (Å²) in [6.07, 6.45) is 1.59. The molecule has 2 rings (SSSR count). The van der Waals surface area contributed by atoms with Crippen molar-refractivity contribution in [1.82, 2.24) is 9.97 Å². The molecule has 0 atom stereocenters. The van der Waals surface area contributed by atoms with Crippen LogP contribution in [0.2, 0.25) is 5.02 Å². The van der Waals surface area contributed by atoms with Gasteiger partial charge in [-0.05, 0) is 19.9 Å². The van der Waals surface area contributed by atoms with E-state index in [9.17, 15) is 10.1 Å². The molecule has 0 spiro atoms. The molecule has 0 amide bonds. The second-order valence-electron chi connectivity index (χ2n) is 4.79. The van der Waals surface area contributed by atoms with Gasteiger partial charge in [0.25, 0.3) is 5.69 Å². The monoisotopic (exact) mass is 280 g/mol. The van der Waals surface area contributed by atoms with Crippen LogP contribution in [-0.2, 0) is 5.54 Å². The quantitative estimate of drug-likeness (QED) is 0.667. The van der Waals surface area contributed by atoms with Crippen LogP contribution in [0.25, 0.3) is 11.3 Å². The smallest absolute Gasteiger partial charge is 0.288 e. The van der Waals surface area contributed by atoms with E-state index in [2.05, 4.69) is 9.97 Å². The number of aromatic amines is 1. The first-order valence-electron chi connectivity index (χ1n) is 5.57. The van der Waals surface area contributed by atoms with Gasteiger partial charge in [-0.25, -0.2) is 4.98 Å². The molecule has 0 saturated heterocycles. The molecule has 0 radical (unpaired) electrons. The van der Waals surface area contributed by atoms with Gasteiger partial charge >= 0.3 is 0 Å². The van der Waals surface area contributed by atoms with Gasteiger partial charge in [0, 0.05) is 11.6 Å². The summed E-state index contributed by atoms with van der Waals surface area (Å²) < 4.78 is 0. The third kappa shape index (κ3) is 2.74. The van der Waals surface area contributed by atoms with Crippen molar-refractivity contribution in [2.75, 3.05) is 0 Å². The van der Waals surface area contributed by atoms with Gasteiger partial charge in [-0.15, -0.1) is 0 Å². The van der Waals surface area contributed by atoms with Crippen molar-refractivity contribution in [3.8, 4) is 11.3 Å². The summed E-state index contributed by atoms with van der Waals surface area (Å²) >= 11 is 5.77. The van der Waals surface area contributed by atoms with E-state index in [0.717, 1.165) is 0 Å². The number of halogens is 1. The van der Waals surface area contributed by atoms with Crippen LogP contribution in [0.5, 0.6) is 0 Å². The van der Waals surface area contributed by atoms with Crippen molar-refractivity contribution < 1.29 is 4.92 Å². The standard InChI is InChI=1S/C12H13ClN4O2/c1-12(2,14)11-15-6-9(16-11)7-3-4-8(13)10(5-7)17(18)19/h3-6H,14H2,1-2H3,(H,15,16). The molecule has 1 aromatic carbocycles. The molecule has 1 aromatic heterocycles. The van der Waals surface area contributed by atoms with Crippen molar-refractivity contribution in [1.29, 1.82) is 0 Å². The van der Waals surface area contributed by atoms with Crippen molar-refractivity contribution in [2.24, 2.45) is 5.73 Å². The highest BCUT2D eigenvalue weighted by atomic mass is 35.5. The maximum absolute atomic E-state index is 10.8. The van der Waals surface area contributed by atoms with Crippen molar-refractivity contribution >= 4 is 17.3 Å². The second-order valence-corrected chi connectivity index (χ2v) is 5.20. The maximum Gasteiger partial charge on any atom is 0.288 e. The highest BCUT2D eigenvalue weighted by Crippen LogP contribution is 2.30. The molecule has 0 aliphatic carbocycles. The molecule has 0 aliphatic heterocycles. The van der Waals surface area contributed by atoms with Gasteiger partial charge in [-0.1, -0.05) is 17.7 Å². The number of aromatic nitrogens is 2. The number of nitro benzene ring substituents is 1. The van der Waals surface area contributed by atoms with Crippen LogP contribution < -0.4 is 5.73 Å². The summed E-state index contributed by atoms with van der Waals surface area (Å²) in [5.74, 6) is 0.611. The number of nitro groups is 1. The van der Waals surface area contributed by atoms with E-state index < -0.39 is 10.5 Å². The molecular formula is C12H13ClN4O2. The minimum atomic E-state index is -0.601. The number of rotatable bonds is 3. The predicted molar refractivity (Wildman–Crippen MR) is 72.9 cm³/mol. The van der Waals surface area contributed by atoms with Gasteiger partial charge < -0.3 is 10.7 Å². The van der Waals surface area contributed by atoms with Crippen LogP contribution in [-0.4, -0.2) is 14.9 Å². The highest BCUT2D eigenvalue weighted by Gasteiger charge is 2.19. The van der Waals surface area contributed by atoms with Gasteiger partial charge in [-0.3, -0.25) is 10.1 Å². The fourth-order valence-corrected chi connectivity index (χ4v) is 1.80. The third-order valence-electron chi connectivity index (χ3n) is 2.64. The van der Waals surface area contributed by atoms with Crippen molar-refractivity contribution in [2.45, 2.75) is 19.4 Å². The summed E-state index contributed by atoms with van der Waals surface area (Å²) in [6.45, 7) is 3.64. The largest absolute Gasteiger partial charge is 0.340 e. The summed E-state index contributed by atoms with van der Waals surface area (Å²) in [6, 6.07) is 4.59. The molecule has 0 unspecified atom stereocenters. The molecule has 19 heavy (non-hydrogen) atoms. The van der Waals surface area contributed by atoms with Crippen LogP contribution >= 0.6 is 11.6 Å². The summed E-state index contributed by atoms with van der Waals surface area (Å²) in [5.41, 5.74) is 6.49. The van der Waals surface area contributed by atoms with E-state index in [1.165, 1.54) is 12.1 Å². The van der Waals surface area contributed by atoms with Crippen LogP contribution in [0.15, 0.2) is 24.4 Å². The first-order valence-corrected chi connectivity index (χ1v) is 5.95. The lowest BCUT2D eigenvalue weighted by atomic mass is 10.1. The van der Waals surface area contributed by atoms with Crippen LogP contribution in [0.1, 0.15) is 19.7 Å². The molecule has 2 aromatic rings. The molecule has 7 heteroatoms. The molecule has 0 aliphatic rings. The molecular weight excluding hydrogens is 268 g/mol. The van der Waals surface area contributed by atoms with Crippen molar-refractivity contribution in [3.63, 3.8) is 0 Å². The molecule has 1 heterocycles. The Kier molecular flexibility index (Phi) is 3.30. The van der Waals surface area contributed by atoms with Gasteiger partial charge in [0.05, 0.1) is 22.4 Å². The zero-order valence-corrected chi connectivity index (χ0v) is 11.2. The van der Waals surface area contributed by atoms with Crippen LogP contribution in [0.3, 0.4) is 0 Å². The Hall–Kier alpha value is -1.92. The Morgan fingerprint density at radius 2 is 2.16 bits per heavy atom. The SMILES string of the molecule is CC(C)(N)c1ncc(-c2ccc(Cl)c([N+](=O)[O-])c2)[nH]1. The average Bonchev–Trinajstić information content (AvgIpc) is 2.78. The normalized spacial score (nSPS) is 11.6. The Balaban J connectivity index is 2.45. The molecule has 6 nitrogen and oxygen atoms in total. The average molecular weight is 281 g/mol. The molecule has 3 N–H and O–H groups in total. The van der Waals surface area contributed by atoms with Crippen LogP contribution in [0.4, 0.5) is 5.69 Å². The maximum atomic E-state index is 10.8. The first-order chi connectivity index (χ1) is 8.79. The van der Waals surface area contributed by atoms with Crippen LogP contribution in [0, 0.1) is 10.1 Å². The summed E-state index contributed by atoms with van der Waals surface area (Å²) in [7, 11) is 0. The minimum absolute atomic E-state index is 0.104. The van der Waals surface area contributed by atoms with E-state index in [-0.39, 0.29) is 10.7 Å². The number of hydrogen-bond acceptors (Lipinski definition) is 4. The number of H-pyrrole nitrogens is 1. The molecule has 0 fully saturated rings. The lowest BCUT2D eigenvalue weighted by Gasteiger charge is -2.14. The van der Waals surface area contributed by atoms with Gasteiger partial charge in [0.1, 0.15) is 10.8 Å². The number of nitrogens with one attached hydrogen (secondary N) is 1. The highest BCUT2D eigenvalue weighted by molar-refractivity contribution is 6.32. The van der Waals surface area contributed by atoms with E-state index in [1.54, 1.807) is 12.3 Å². The fourth-order valence-electron chi connectivity index (χ4n) is 1.62. The lowest BCUT2D eigenvalue weighted by molar-refractivity contribution is -0.384. The predicted octanol–water partition coefficient (Wildman–Crippen LogP) is 2.83. The first kappa shape index (κ1) is 13.5. The fraction of sp³-hybridized carbons (Fsp3) is 0.250. The second kappa shape index (κ2) is 4.64. The van der Waals surface area contributed by atoms with Crippen molar-refractivity contribution in [3.05, 3.63) is 45.4 Å². The molecule has 0 bridgehead atoms. The van der Waals surface area contributed by atoms with Gasteiger partial charge in [0.15, 0.2) is 0 Å². The van der Waals surface area contributed by atoms with E-state index in [1.807, 2.05) is 13.8 Å². The number of nitrogens with two attached hydrogens (primary N) is 1. The van der Waals surface area contributed by atoms with Gasteiger partial charge in [0.2, 0.25) is 0 Å². The number of imidazole rings is 1. The zero-order valence-electron chi connectivity index (χ0n) is 10.5. The molecule has 100 valence electrons. The lowest BCUT2D eigenvalue weighted by Crippen LogP contribution is -2.30. The van der Waals surface area contributed by atoms with Gasteiger partial charge in [-0.2, -0.15) is 0 Å². The van der Waals surface area contributed by atoms with E-state index in [4.69, 9.17) is 17.3 Å². The third-order valence-corrected chi connectivity index (χ3v) is 2.96. The summed E-state index contributed by atoms with van der Waals surface area (Å²) in [4.78, 5) is 17.6. The number of nitrogens with zero attached hydrogens (tertiary/aromatic N) is 2. The minimum Gasteiger partial charge on any atom is -0.340 e. The number of benzene rings is 1.